The summed E-state index contributed by atoms with van der Waals surface area (Å²) in [6.45, 7) is 4.01. The highest BCUT2D eigenvalue weighted by Gasteiger charge is 2.44. The average molecular weight is 900 g/mol. The summed E-state index contributed by atoms with van der Waals surface area (Å²) in [7, 11) is 0. The minimum absolute atomic E-state index is 0.250. The zero-order valence-electron chi connectivity index (χ0n) is 38.8. The summed E-state index contributed by atoms with van der Waals surface area (Å²) in [5.41, 5.74) is 14.9. The molecule has 0 aromatic heterocycles. The molecule has 0 radical (unpaired) electrons. The summed E-state index contributed by atoms with van der Waals surface area (Å²) in [5.74, 6) is 3.13. The number of hydrogen-bond acceptors (Lipinski definition) is 5. The van der Waals surface area contributed by atoms with Crippen LogP contribution in [0.3, 0.4) is 0 Å². The molecule has 0 unspecified atom stereocenters. The molecule has 0 fully saturated rings. The fourth-order valence-electron chi connectivity index (χ4n) is 10.7. The highest BCUT2D eigenvalue weighted by atomic mass is 16.5. The van der Waals surface area contributed by atoms with Gasteiger partial charge in [0.05, 0.1) is 17.1 Å². The Hall–Kier alpha value is -9.00. The van der Waals surface area contributed by atoms with E-state index < -0.39 is 0 Å². The summed E-state index contributed by atoms with van der Waals surface area (Å²) in [6, 6.07) is 86.5. The number of hydrogen-bond donors (Lipinski definition) is 0. The van der Waals surface area contributed by atoms with Gasteiger partial charge in [-0.2, -0.15) is 0 Å². The molecule has 5 nitrogen and oxygen atoms in total. The number of rotatable bonds is 9. The minimum Gasteiger partial charge on any atom is -0.458 e. The standard InChI is InChI=1S/C64H46BN3O2/c1-43-31-35-49(36-32-43)66(50-37-33-44(2)34-38-50)51-39-58-64-59(40-51)70-61-42-57(68(47-23-11-5-12-24-47)48-25-13-6-14-26-48)53-28-16-18-30-55(53)63(61)65(64)62-54-29-17-15-27-52(54)56(41-60(62)69-58)67(45-19-7-3-8-20-45)46-21-9-4-10-22-46/h3-42H,1-2H3. The van der Waals surface area contributed by atoms with Crippen molar-refractivity contribution in [2.45, 2.75) is 13.8 Å². The van der Waals surface area contributed by atoms with Gasteiger partial charge < -0.3 is 24.2 Å². The summed E-state index contributed by atoms with van der Waals surface area (Å²) < 4.78 is 14.9. The van der Waals surface area contributed by atoms with Crippen LogP contribution in [0.1, 0.15) is 11.1 Å². The van der Waals surface area contributed by atoms with Crippen LogP contribution >= 0.6 is 0 Å². The topological polar surface area (TPSA) is 28.2 Å². The Labute approximate surface area is 408 Å². The van der Waals surface area contributed by atoms with Crippen molar-refractivity contribution in [1.29, 1.82) is 0 Å². The molecule has 13 rings (SSSR count). The van der Waals surface area contributed by atoms with Crippen molar-refractivity contribution in [3.05, 3.63) is 254 Å². The molecule has 0 spiro atoms. The van der Waals surface area contributed by atoms with Gasteiger partial charge in [0, 0.05) is 74.6 Å². The van der Waals surface area contributed by atoms with Crippen molar-refractivity contribution in [3.63, 3.8) is 0 Å². The van der Waals surface area contributed by atoms with Crippen molar-refractivity contribution in [2.24, 2.45) is 0 Å². The van der Waals surface area contributed by atoms with Crippen LogP contribution in [0.5, 0.6) is 23.0 Å². The first-order chi connectivity index (χ1) is 34.6. The Morgan fingerprint density at radius 2 is 0.571 bits per heavy atom. The summed E-state index contributed by atoms with van der Waals surface area (Å²) in [4.78, 5) is 7.00. The Bertz CT molecular complexity index is 3420. The maximum atomic E-state index is 7.46. The van der Waals surface area contributed by atoms with Gasteiger partial charge in [-0.25, -0.2) is 0 Å². The van der Waals surface area contributed by atoms with E-state index in [2.05, 4.69) is 271 Å². The Morgan fingerprint density at radius 1 is 0.271 bits per heavy atom. The van der Waals surface area contributed by atoms with E-state index in [0.29, 0.717) is 0 Å². The summed E-state index contributed by atoms with van der Waals surface area (Å²) in [5, 5.41) is 4.49. The minimum atomic E-state index is -0.250. The molecule has 2 heterocycles. The third-order valence-corrected chi connectivity index (χ3v) is 13.8. The average Bonchev–Trinajstić information content (AvgIpc) is 3.41. The third-order valence-electron chi connectivity index (χ3n) is 13.8. The fourth-order valence-corrected chi connectivity index (χ4v) is 10.7. The molecule has 6 heteroatoms. The van der Waals surface area contributed by atoms with E-state index >= 15 is 0 Å². The maximum absolute atomic E-state index is 7.46. The van der Waals surface area contributed by atoms with Gasteiger partial charge in [-0.05, 0) is 108 Å². The number of nitrogens with zero attached hydrogens (tertiary/aromatic N) is 3. The second-order valence-electron chi connectivity index (χ2n) is 18.2. The van der Waals surface area contributed by atoms with Crippen LogP contribution < -0.4 is 40.6 Å². The lowest BCUT2D eigenvalue weighted by Crippen LogP contribution is -2.58. The van der Waals surface area contributed by atoms with E-state index in [1.807, 2.05) is 0 Å². The monoisotopic (exact) mass is 899 g/mol. The predicted octanol–water partition coefficient (Wildman–Crippen LogP) is 15.7. The van der Waals surface area contributed by atoms with Crippen molar-refractivity contribution >= 4 is 95.8 Å². The van der Waals surface area contributed by atoms with Crippen LogP contribution in [0.2, 0.25) is 0 Å². The zero-order valence-corrected chi connectivity index (χ0v) is 38.8. The Balaban J connectivity index is 1.11. The van der Waals surface area contributed by atoms with E-state index in [1.54, 1.807) is 0 Å². The lowest BCUT2D eigenvalue weighted by Gasteiger charge is -2.38. The molecular weight excluding hydrogens is 854 g/mol. The van der Waals surface area contributed by atoms with Gasteiger partial charge in [0.2, 0.25) is 0 Å². The van der Waals surface area contributed by atoms with Crippen molar-refractivity contribution < 1.29 is 9.47 Å². The molecule has 0 saturated carbocycles. The van der Waals surface area contributed by atoms with Crippen LogP contribution in [0.4, 0.5) is 51.2 Å². The van der Waals surface area contributed by atoms with Crippen LogP contribution in [0.15, 0.2) is 243 Å². The Morgan fingerprint density at radius 3 is 0.929 bits per heavy atom. The second kappa shape index (κ2) is 17.0. The third kappa shape index (κ3) is 6.95. The molecule has 11 aromatic rings. The van der Waals surface area contributed by atoms with Gasteiger partial charge in [0.25, 0.3) is 6.71 Å². The molecule has 11 aromatic carbocycles. The SMILES string of the molecule is Cc1ccc(N(c2ccc(C)cc2)c2cc3c4c(c2)Oc2cc(N(c5ccccc5)c5ccccc5)c5ccccc5c2B4c2c(cc(N(c4ccccc4)c4ccccc4)c4ccccc24)O3)cc1. The molecule has 2 aliphatic rings. The molecule has 0 N–H and O–H groups in total. The lowest BCUT2D eigenvalue weighted by molar-refractivity contribution is 0.465. The van der Waals surface area contributed by atoms with Gasteiger partial charge in [0.1, 0.15) is 23.0 Å². The molecule has 0 aliphatic carbocycles. The van der Waals surface area contributed by atoms with Crippen LogP contribution in [0, 0.1) is 13.8 Å². The van der Waals surface area contributed by atoms with Crippen molar-refractivity contribution in [3.8, 4) is 23.0 Å². The van der Waals surface area contributed by atoms with Crippen LogP contribution in [0.25, 0.3) is 21.5 Å². The lowest BCUT2D eigenvalue weighted by atomic mass is 9.33. The van der Waals surface area contributed by atoms with Crippen molar-refractivity contribution in [2.75, 3.05) is 14.7 Å². The number of anilines is 9. The molecule has 0 saturated heterocycles. The first-order valence-electron chi connectivity index (χ1n) is 23.9. The van der Waals surface area contributed by atoms with Gasteiger partial charge >= 0.3 is 0 Å². The van der Waals surface area contributed by atoms with Gasteiger partial charge in [-0.3, -0.25) is 0 Å². The predicted molar refractivity (Wildman–Crippen MR) is 293 cm³/mol. The molecule has 2 aliphatic heterocycles. The highest BCUT2D eigenvalue weighted by Crippen LogP contribution is 2.49. The maximum Gasteiger partial charge on any atom is 0.262 e. The van der Waals surface area contributed by atoms with E-state index in [1.165, 1.54) is 11.1 Å². The summed E-state index contributed by atoms with van der Waals surface area (Å²) >= 11 is 0. The highest BCUT2D eigenvalue weighted by molar-refractivity contribution is 7.01. The largest absolute Gasteiger partial charge is 0.458 e. The molecule has 0 amide bonds. The number of ether oxygens (including phenoxy) is 2. The smallest absolute Gasteiger partial charge is 0.262 e. The van der Waals surface area contributed by atoms with Gasteiger partial charge in [0.15, 0.2) is 0 Å². The Kier molecular flexibility index (Phi) is 9.98. The number of aryl methyl sites for hydroxylation is 2. The molecular formula is C64H46BN3O2. The van der Waals surface area contributed by atoms with E-state index in [0.717, 1.165) is 112 Å². The number of para-hydroxylation sites is 4. The molecule has 332 valence electrons. The first-order valence-corrected chi connectivity index (χ1v) is 23.9. The first kappa shape index (κ1) is 41.2. The quantitative estimate of drug-likeness (QED) is 0.135. The summed E-state index contributed by atoms with van der Waals surface area (Å²) in [6.07, 6.45) is 0. The molecule has 0 atom stereocenters. The molecule has 70 heavy (non-hydrogen) atoms. The van der Waals surface area contributed by atoms with Crippen LogP contribution in [-0.4, -0.2) is 6.71 Å². The van der Waals surface area contributed by atoms with Crippen molar-refractivity contribution in [1.82, 2.24) is 0 Å². The van der Waals surface area contributed by atoms with E-state index in [4.69, 9.17) is 9.47 Å². The van der Waals surface area contributed by atoms with Gasteiger partial charge in [-0.1, -0.05) is 157 Å². The number of benzene rings is 11. The van der Waals surface area contributed by atoms with Gasteiger partial charge in [-0.15, -0.1) is 0 Å². The van der Waals surface area contributed by atoms with Crippen LogP contribution in [-0.2, 0) is 0 Å². The fraction of sp³-hybridized carbons (Fsp3) is 0.0312. The van der Waals surface area contributed by atoms with E-state index in [-0.39, 0.29) is 6.71 Å². The second-order valence-corrected chi connectivity index (χ2v) is 18.2. The van der Waals surface area contributed by atoms with E-state index in [9.17, 15) is 0 Å². The number of fused-ring (bicyclic) bond motifs is 8. The zero-order chi connectivity index (χ0) is 46.7. The molecule has 0 bridgehead atoms. The normalized spacial score (nSPS) is 12.1.